The molecule has 0 heterocycles. The van der Waals surface area contributed by atoms with Gasteiger partial charge in [0, 0.05) is 25.2 Å². The highest BCUT2D eigenvalue weighted by Gasteiger charge is 2.28. The molecule has 61 heavy (non-hydrogen) atoms. The number of aliphatic hydroxyl groups is 1. The second-order valence-electron chi connectivity index (χ2n) is 16.7. The van der Waals surface area contributed by atoms with Gasteiger partial charge in [0.05, 0.1) is 25.4 Å². The van der Waals surface area contributed by atoms with Gasteiger partial charge in [-0.05, 0) is 119 Å². The van der Waals surface area contributed by atoms with Crippen LogP contribution in [0.1, 0.15) is 115 Å². The zero-order valence-electron chi connectivity index (χ0n) is 36.7. The van der Waals surface area contributed by atoms with Crippen molar-refractivity contribution < 1.29 is 53.3 Å². The van der Waals surface area contributed by atoms with Crippen LogP contribution in [0.25, 0.3) is 12.2 Å². The van der Waals surface area contributed by atoms with Gasteiger partial charge in [0.25, 0.3) is 11.8 Å². The number of amides is 2. The highest BCUT2D eigenvalue weighted by atomic mass is 16.8. The zero-order chi connectivity index (χ0) is 44.6. The number of hydrogen-bond donors (Lipinski definition) is 6. The number of hydroxylamine groups is 2. The molecular weight excluding hydrogens is 785 g/mol. The number of benzene rings is 2. The predicted octanol–water partition coefficient (Wildman–Crippen LogP) is 5.67. The molecule has 15 heteroatoms. The molecule has 1 unspecified atom stereocenters. The summed E-state index contributed by atoms with van der Waals surface area (Å²) in [6, 6.07) is 13.8. The number of aliphatic hydroxyl groups excluding tert-OH is 1. The van der Waals surface area contributed by atoms with Crippen molar-refractivity contribution >= 4 is 35.9 Å². The van der Waals surface area contributed by atoms with Gasteiger partial charge in [-0.15, -0.1) is 0 Å². The van der Waals surface area contributed by atoms with Crippen LogP contribution in [-0.2, 0) is 56.1 Å². The van der Waals surface area contributed by atoms with Gasteiger partial charge in [0.2, 0.25) is 0 Å². The Kier molecular flexibility index (Phi) is 22.9. The fourth-order valence-electron chi connectivity index (χ4n) is 6.16. The van der Waals surface area contributed by atoms with E-state index in [4.69, 9.17) is 29.0 Å². The predicted molar refractivity (Wildman–Crippen MR) is 231 cm³/mol. The summed E-state index contributed by atoms with van der Waals surface area (Å²) in [5.74, 6) is -1.26. The van der Waals surface area contributed by atoms with Crippen LogP contribution in [0.5, 0.6) is 0 Å². The minimum absolute atomic E-state index is 0.0147. The SMILES string of the molecule is CC(C)COC(C)ONC(=O)/C=C/c1ccc(CN[C@H](COC(C)(C)C)C(=O)OC2CCCC2)cc1.O=C(/C=C/c1ccc(CN[C@H](CO)C(=O)OC2CCCC2)cc1)NO. The first-order valence-corrected chi connectivity index (χ1v) is 21.3. The van der Waals surface area contributed by atoms with Gasteiger partial charge in [-0.3, -0.25) is 35.0 Å². The van der Waals surface area contributed by atoms with E-state index in [1.165, 1.54) is 17.6 Å². The summed E-state index contributed by atoms with van der Waals surface area (Å²) >= 11 is 0. The summed E-state index contributed by atoms with van der Waals surface area (Å²) in [5, 5.41) is 24.1. The molecule has 2 saturated carbocycles. The topological polar surface area (TPSA) is 203 Å². The average Bonchev–Trinajstić information content (AvgIpc) is 3.96. The molecule has 2 amide bonds. The van der Waals surface area contributed by atoms with Gasteiger partial charge in [-0.2, -0.15) is 0 Å². The van der Waals surface area contributed by atoms with Crippen LogP contribution in [0.2, 0.25) is 0 Å². The minimum atomic E-state index is -0.742. The highest BCUT2D eigenvalue weighted by Crippen LogP contribution is 2.23. The number of carbonyl (C=O) groups is 4. The molecule has 0 aromatic heterocycles. The number of esters is 2. The molecular formula is C46H68N4O11. The van der Waals surface area contributed by atoms with Crippen molar-refractivity contribution in [3.8, 4) is 0 Å². The number of ether oxygens (including phenoxy) is 4. The van der Waals surface area contributed by atoms with Gasteiger partial charge in [0.1, 0.15) is 24.3 Å². The number of carbonyl (C=O) groups excluding carboxylic acids is 4. The molecule has 0 aliphatic heterocycles. The van der Waals surface area contributed by atoms with Crippen LogP contribution in [0.4, 0.5) is 0 Å². The minimum Gasteiger partial charge on any atom is -0.461 e. The van der Waals surface area contributed by atoms with E-state index in [0.29, 0.717) is 25.6 Å². The molecule has 338 valence electrons. The fraction of sp³-hybridized carbons (Fsp3) is 0.565. The number of nitrogens with one attached hydrogen (secondary N) is 4. The Hall–Kier alpha value is -4.48. The Morgan fingerprint density at radius 2 is 1.16 bits per heavy atom. The lowest BCUT2D eigenvalue weighted by Gasteiger charge is -2.25. The van der Waals surface area contributed by atoms with Crippen LogP contribution in [0, 0.1) is 5.92 Å². The molecule has 3 atom stereocenters. The van der Waals surface area contributed by atoms with Crippen molar-refractivity contribution in [1.29, 1.82) is 0 Å². The molecule has 15 nitrogen and oxygen atoms in total. The molecule has 2 aliphatic rings. The van der Waals surface area contributed by atoms with Crippen molar-refractivity contribution in [1.82, 2.24) is 21.6 Å². The maximum atomic E-state index is 12.8. The van der Waals surface area contributed by atoms with Crippen molar-refractivity contribution in [3.05, 3.63) is 82.9 Å². The van der Waals surface area contributed by atoms with Crippen LogP contribution in [0.3, 0.4) is 0 Å². The molecule has 2 aromatic rings. The van der Waals surface area contributed by atoms with E-state index >= 15 is 0 Å². The molecule has 4 rings (SSSR count). The molecule has 2 fully saturated rings. The lowest BCUT2D eigenvalue weighted by Crippen LogP contribution is -2.44. The Balaban J connectivity index is 0.000000347. The molecule has 2 aromatic carbocycles. The van der Waals surface area contributed by atoms with Crippen molar-refractivity contribution in [3.63, 3.8) is 0 Å². The number of hydrogen-bond acceptors (Lipinski definition) is 13. The van der Waals surface area contributed by atoms with Gasteiger partial charge in [-0.25, -0.2) is 15.8 Å². The van der Waals surface area contributed by atoms with Crippen molar-refractivity contribution in [2.24, 2.45) is 5.92 Å². The Labute approximate surface area is 360 Å². The van der Waals surface area contributed by atoms with E-state index in [1.807, 2.05) is 83.1 Å². The summed E-state index contributed by atoms with van der Waals surface area (Å²) < 4.78 is 22.4. The quantitative estimate of drug-likeness (QED) is 0.0279. The van der Waals surface area contributed by atoms with Crippen LogP contribution >= 0.6 is 0 Å². The van der Waals surface area contributed by atoms with E-state index in [-0.39, 0.29) is 42.9 Å². The third-order valence-electron chi connectivity index (χ3n) is 9.62. The van der Waals surface area contributed by atoms with E-state index in [0.717, 1.165) is 73.6 Å². The van der Waals surface area contributed by atoms with E-state index in [2.05, 4.69) is 16.1 Å². The normalized spacial score (nSPS) is 16.3. The lowest BCUT2D eigenvalue weighted by atomic mass is 10.1. The Morgan fingerprint density at radius 3 is 1.61 bits per heavy atom. The smallest absolute Gasteiger partial charge is 0.325 e. The largest absolute Gasteiger partial charge is 0.461 e. The summed E-state index contributed by atoms with van der Waals surface area (Å²) in [6.07, 6.45) is 13.4. The van der Waals surface area contributed by atoms with Crippen LogP contribution < -0.4 is 21.6 Å². The van der Waals surface area contributed by atoms with Crippen LogP contribution in [0.15, 0.2) is 60.7 Å². The van der Waals surface area contributed by atoms with Crippen LogP contribution in [-0.4, -0.2) is 90.1 Å². The second kappa shape index (κ2) is 27.5. The standard InChI is InChI=1S/C28H44N2O6.C18H24N2O5/c1-20(2)18-33-21(3)36-30-26(31)16-15-22-11-13-23(14-12-22)17-29-25(19-34-28(4,5)6)27(32)35-24-9-7-8-10-24;21-12-16(18(23)25-15-3-1-2-4-15)19-11-14-7-5-13(6-8-14)9-10-17(22)20-24/h11-16,20-21,24-25,29H,7-10,17-19H2,1-6H3,(H,30,31);5-10,15-16,19,21,24H,1-4,11-12H2,(H,20,22)/b16-15+;10-9+/t21?,25-;16-/m11/s1. The lowest BCUT2D eigenvalue weighted by molar-refractivity contribution is -0.180. The molecule has 2 aliphatic carbocycles. The summed E-state index contributed by atoms with van der Waals surface area (Å²) in [7, 11) is 0. The summed E-state index contributed by atoms with van der Waals surface area (Å²) in [6.45, 7) is 13.1. The molecule has 0 spiro atoms. The Morgan fingerprint density at radius 1 is 0.705 bits per heavy atom. The second-order valence-corrected chi connectivity index (χ2v) is 16.7. The van der Waals surface area contributed by atoms with E-state index < -0.39 is 30.3 Å². The van der Waals surface area contributed by atoms with Crippen molar-refractivity contribution in [2.45, 2.75) is 142 Å². The van der Waals surface area contributed by atoms with Crippen molar-refractivity contribution in [2.75, 3.05) is 19.8 Å². The molecule has 0 saturated heterocycles. The number of rotatable bonds is 22. The first-order valence-electron chi connectivity index (χ1n) is 21.3. The van der Waals surface area contributed by atoms with Gasteiger partial charge >= 0.3 is 11.9 Å². The molecule has 6 N–H and O–H groups in total. The first kappa shape index (κ1) is 50.9. The van der Waals surface area contributed by atoms with Gasteiger partial charge < -0.3 is 24.1 Å². The Bertz CT molecular complexity index is 1660. The molecule has 0 bridgehead atoms. The van der Waals surface area contributed by atoms with E-state index in [1.54, 1.807) is 19.1 Å². The van der Waals surface area contributed by atoms with Gasteiger partial charge in [-0.1, -0.05) is 62.4 Å². The third kappa shape index (κ3) is 21.7. The molecule has 0 radical (unpaired) electrons. The fourth-order valence-corrected chi connectivity index (χ4v) is 6.16. The zero-order valence-corrected chi connectivity index (χ0v) is 36.7. The highest BCUT2D eigenvalue weighted by molar-refractivity contribution is 5.91. The average molecular weight is 853 g/mol. The third-order valence-corrected chi connectivity index (χ3v) is 9.62. The first-order chi connectivity index (χ1) is 29.1. The monoisotopic (exact) mass is 852 g/mol. The van der Waals surface area contributed by atoms with E-state index in [9.17, 15) is 24.3 Å². The summed E-state index contributed by atoms with van der Waals surface area (Å²) in [5.41, 5.74) is 7.13. The summed E-state index contributed by atoms with van der Waals surface area (Å²) in [4.78, 5) is 52.9. The maximum Gasteiger partial charge on any atom is 0.325 e. The van der Waals surface area contributed by atoms with Gasteiger partial charge in [0.15, 0.2) is 6.29 Å². The maximum absolute atomic E-state index is 12.8.